The lowest BCUT2D eigenvalue weighted by atomic mass is 9.91. The lowest BCUT2D eigenvalue weighted by Gasteiger charge is -2.42. The average molecular weight is 315 g/mol. The van der Waals surface area contributed by atoms with Gasteiger partial charge < -0.3 is 4.74 Å². The largest absolute Gasteiger partial charge is 0.375 e. The van der Waals surface area contributed by atoms with Crippen LogP contribution in [0.1, 0.15) is 37.5 Å². The number of hydrogen-bond acceptors (Lipinski definition) is 4. The van der Waals surface area contributed by atoms with Crippen LogP contribution in [0.3, 0.4) is 0 Å². The minimum atomic E-state index is -3.35. The van der Waals surface area contributed by atoms with Crippen molar-refractivity contribution < 1.29 is 13.2 Å². The van der Waals surface area contributed by atoms with Gasteiger partial charge in [0.25, 0.3) is 10.0 Å². The first-order valence-corrected chi connectivity index (χ1v) is 9.60. The highest BCUT2D eigenvalue weighted by atomic mass is 32.2. The zero-order valence-electron chi connectivity index (χ0n) is 11.7. The summed E-state index contributed by atoms with van der Waals surface area (Å²) in [5, 5.41) is 0. The summed E-state index contributed by atoms with van der Waals surface area (Å²) in [7, 11) is -3.35. The van der Waals surface area contributed by atoms with Gasteiger partial charge in [-0.05, 0) is 31.4 Å². The molecule has 0 amide bonds. The monoisotopic (exact) mass is 315 g/mol. The van der Waals surface area contributed by atoms with Crippen LogP contribution in [0.4, 0.5) is 0 Å². The van der Waals surface area contributed by atoms with Crippen molar-refractivity contribution in [3.63, 3.8) is 0 Å². The van der Waals surface area contributed by atoms with Crippen molar-refractivity contribution in [2.75, 3.05) is 13.2 Å². The number of sulfonamides is 1. The lowest BCUT2D eigenvalue weighted by Crippen LogP contribution is -2.54. The Kier molecular flexibility index (Phi) is 4.17. The van der Waals surface area contributed by atoms with Crippen LogP contribution in [0.2, 0.25) is 0 Å². The molecule has 4 nitrogen and oxygen atoms in total. The molecule has 3 rings (SSSR count). The number of thiophene rings is 1. The van der Waals surface area contributed by atoms with Gasteiger partial charge in [-0.3, -0.25) is 0 Å². The lowest BCUT2D eigenvalue weighted by molar-refractivity contribution is -0.0585. The molecule has 1 aliphatic carbocycles. The Labute approximate surface area is 124 Å². The van der Waals surface area contributed by atoms with Crippen LogP contribution in [0, 0.1) is 0 Å². The van der Waals surface area contributed by atoms with Gasteiger partial charge >= 0.3 is 0 Å². The van der Waals surface area contributed by atoms with E-state index in [2.05, 4.69) is 0 Å². The molecule has 0 bridgehead atoms. The Bertz CT molecular complexity index is 565. The summed E-state index contributed by atoms with van der Waals surface area (Å²) in [5.74, 6) is 0. The molecule has 2 fully saturated rings. The van der Waals surface area contributed by atoms with Gasteiger partial charge in [-0.15, -0.1) is 11.3 Å². The SMILES string of the molecule is CCc1ccc(S(=O)(=O)N2CCOC3CCCCC32)s1. The predicted molar refractivity (Wildman–Crippen MR) is 79.6 cm³/mol. The van der Waals surface area contributed by atoms with Crippen LogP contribution < -0.4 is 0 Å². The van der Waals surface area contributed by atoms with Gasteiger partial charge in [-0.1, -0.05) is 19.8 Å². The number of rotatable bonds is 3. The smallest absolute Gasteiger partial charge is 0.252 e. The third kappa shape index (κ3) is 2.54. The van der Waals surface area contributed by atoms with Crippen molar-refractivity contribution in [1.82, 2.24) is 4.31 Å². The van der Waals surface area contributed by atoms with E-state index in [-0.39, 0.29) is 12.1 Å². The van der Waals surface area contributed by atoms with Crippen LogP contribution in [0.25, 0.3) is 0 Å². The fourth-order valence-corrected chi connectivity index (χ4v) is 6.25. The average Bonchev–Trinajstić information content (AvgIpc) is 2.96. The van der Waals surface area contributed by atoms with Crippen LogP contribution >= 0.6 is 11.3 Å². The van der Waals surface area contributed by atoms with Crippen molar-refractivity contribution in [3.8, 4) is 0 Å². The molecule has 1 aliphatic heterocycles. The Morgan fingerprint density at radius 1 is 1.35 bits per heavy atom. The molecule has 2 unspecified atom stereocenters. The maximum atomic E-state index is 12.9. The van der Waals surface area contributed by atoms with Crippen LogP contribution in [-0.4, -0.2) is 38.0 Å². The molecule has 1 saturated carbocycles. The normalized spacial score (nSPS) is 28.2. The highest BCUT2D eigenvalue weighted by Gasteiger charge is 2.41. The Morgan fingerprint density at radius 3 is 2.90 bits per heavy atom. The van der Waals surface area contributed by atoms with Crippen molar-refractivity contribution in [2.24, 2.45) is 0 Å². The van der Waals surface area contributed by atoms with Gasteiger partial charge in [0.2, 0.25) is 0 Å². The molecule has 0 aromatic carbocycles. The van der Waals surface area contributed by atoms with E-state index in [0.29, 0.717) is 17.4 Å². The molecule has 0 spiro atoms. The second-order valence-corrected chi connectivity index (χ2v) is 8.74. The first-order chi connectivity index (χ1) is 9.63. The molecule has 1 aromatic rings. The van der Waals surface area contributed by atoms with E-state index < -0.39 is 10.0 Å². The number of fused-ring (bicyclic) bond motifs is 1. The summed E-state index contributed by atoms with van der Waals surface area (Å²) in [4.78, 5) is 1.12. The third-order valence-electron chi connectivity index (χ3n) is 4.23. The number of aryl methyl sites for hydroxylation is 1. The summed E-state index contributed by atoms with van der Waals surface area (Å²) in [5.41, 5.74) is 0. The van der Waals surface area contributed by atoms with E-state index in [1.165, 1.54) is 11.3 Å². The highest BCUT2D eigenvalue weighted by Crippen LogP contribution is 2.34. The van der Waals surface area contributed by atoms with E-state index in [4.69, 9.17) is 4.74 Å². The Hall–Kier alpha value is -0.430. The van der Waals surface area contributed by atoms with Gasteiger partial charge in [0.1, 0.15) is 4.21 Å². The molecule has 20 heavy (non-hydrogen) atoms. The number of morpholine rings is 1. The van der Waals surface area contributed by atoms with Gasteiger partial charge in [-0.25, -0.2) is 8.42 Å². The van der Waals surface area contributed by atoms with Crippen molar-refractivity contribution in [1.29, 1.82) is 0 Å². The molecule has 6 heteroatoms. The van der Waals surface area contributed by atoms with Crippen molar-refractivity contribution in [3.05, 3.63) is 17.0 Å². The van der Waals surface area contributed by atoms with Crippen LogP contribution in [-0.2, 0) is 21.2 Å². The fraction of sp³-hybridized carbons (Fsp3) is 0.714. The van der Waals surface area contributed by atoms with E-state index in [9.17, 15) is 8.42 Å². The van der Waals surface area contributed by atoms with Gasteiger partial charge in [0.15, 0.2) is 0 Å². The van der Waals surface area contributed by atoms with Gasteiger partial charge in [0, 0.05) is 11.4 Å². The maximum Gasteiger partial charge on any atom is 0.252 e. The van der Waals surface area contributed by atoms with E-state index in [1.807, 2.05) is 13.0 Å². The van der Waals surface area contributed by atoms with Crippen LogP contribution in [0.15, 0.2) is 16.3 Å². The summed E-state index contributed by atoms with van der Waals surface area (Å²) in [6, 6.07) is 3.72. The quantitative estimate of drug-likeness (QED) is 0.861. The molecule has 2 heterocycles. The zero-order chi connectivity index (χ0) is 14.2. The molecule has 112 valence electrons. The topological polar surface area (TPSA) is 46.6 Å². The van der Waals surface area contributed by atoms with Gasteiger partial charge in [0.05, 0.1) is 18.8 Å². The second-order valence-electron chi connectivity index (χ2n) is 5.45. The number of ether oxygens (including phenoxy) is 1. The molecule has 0 N–H and O–H groups in total. The molecule has 2 atom stereocenters. The standard InChI is InChI=1S/C14H21NO3S2/c1-2-11-7-8-14(19-11)20(16,17)15-9-10-18-13-6-4-3-5-12(13)15/h7-8,12-13H,2-6,9-10H2,1H3. The summed E-state index contributed by atoms with van der Waals surface area (Å²) in [6.45, 7) is 3.06. The fourth-order valence-electron chi connectivity index (χ4n) is 3.16. The Morgan fingerprint density at radius 2 is 2.15 bits per heavy atom. The molecular formula is C14H21NO3S2. The van der Waals surface area contributed by atoms with Crippen molar-refractivity contribution >= 4 is 21.4 Å². The number of hydrogen-bond donors (Lipinski definition) is 0. The minimum Gasteiger partial charge on any atom is -0.375 e. The Balaban J connectivity index is 1.89. The highest BCUT2D eigenvalue weighted by molar-refractivity contribution is 7.91. The zero-order valence-corrected chi connectivity index (χ0v) is 13.4. The molecule has 1 saturated heterocycles. The molecule has 2 aliphatic rings. The maximum absolute atomic E-state index is 12.9. The van der Waals surface area contributed by atoms with Crippen LogP contribution in [0.5, 0.6) is 0 Å². The predicted octanol–water partition coefficient (Wildman–Crippen LogP) is 2.64. The minimum absolute atomic E-state index is 0.0367. The van der Waals surface area contributed by atoms with Crippen molar-refractivity contribution in [2.45, 2.75) is 55.4 Å². The van der Waals surface area contributed by atoms with Gasteiger partial charge in [-0.2, -0.15) is 4.31 Å². The van der Waals surface area contributed by atoms with E-state index >= 15 is 0 Å². The first-order valence-electron chi connectivity index (χ1n) is 7.35. The summed E-state index contributed by atoms with van der Waals surface area (Å²) in [6.07, 6.45) is 5.14. The van der Waals surface area contributed by atoms with E-state index in [1.54, 1.807) is 10.4 Å². The second kappa shape index (κ2) is 5.75. The number of nitrogens with zero attached hydrogens (tertiary/aromatic N) is 1. The van der Waals surface area contributed by atoms with E-state index in [0.717, 1.165) is 37.0 Å². The first kappa shape index (κ1) is 14.5. The molecular weight excluding hydrogens is 294 g/mol. The third-order valence-corrected chi connectivity index (χ3v) is 7.85. The summed E-state index contributed by atoms with van der Waals surface area (Å²) >= 11 is 1.40. The molecule has 0 radical (unpaired) electrons. The molecule has 1 aromatic heterocycles. The summed E-state index contributed by atoms with van der Waals surface area (Å²) < 4.78 is 33.7.